The average molecular weight is 290 g/mol. The minimum atomic E-state index is 0.130. The highest BCUT2D eigenvalue weighted by atomic mass is 32.1. The van der Waals surface area contributed by atoms with E-state index in [4.69, 9.17) is 0 Å². The number of carbonyl (C=O) groups is 1. The molecule has 1 aliphatic heterocycles. The quantitative estimate of drug-likeness (QED) is 0.853. The van der Waals surface area contributed by atoms with Crippen LogP contribution in [0.25, 0.3) is 0 Å². The Morgan fingerprint density at radius 3 is 2.95 bits per heavy atom. The molecule has 0 aromatic carbocycles. The number of amides is 1. The van der Waals surface area contributed by atoms with Gasteiger partial charge in [-0.25, -0.2) is 9.67 Å². The summed E-state index contributed by atoms with van der Waals surface area (Å²) >= 11 is 1.56. The molecule has 1 saturated heterocycles. The molecule has 1 aliphatic rings. The first kappa shape index (κ1) is 13.3. The van der Waals surface area contributed by atoms with Crippen molar-refractivity contribution in [1.82, 2.24) is 19.7 Å². The summed E-state index contributed by atoms with van der Waals surface area (Å²) in [7, 11) is 0. The van der Waals surface area contributed by atoms with Gasteiger partial charge in [-0.05, 0) is 38.1 Å². The molecule has 2 aromatic rings. The minimum Gasteiger partial charge on any atom is -0.336 e. The molecule has 3 heterocycles. The molecule has 2 aromatic heterocycles. The molecule has 0 spiro atoms. The Balaban J connectivity index is 1.77. The van der Waals surface area contributed by atoms with E-state index in [1.54, 1.807) is 11.3 Å². The van der Waals surface area contributed by atoms with Gasteiger partial charge in [0, 0.05) is 18.5 Å². The number of aryl methyl sites for hydroxylation is 2. The zero-order valence-electron chi connectivity index (χ0n) is 11.7. The second kappa shape index (κ2) is 5.36. The first-order valence-corrected chi connectivity index (χ1v) is 7.80. The molecular formula is C14H18N4OS. The lowest BCUT2D eigenvalue weighted by Crippen LogP contribution is -2.41. The number of hydrogen-bond acceptors (Lipinski definition) is 4. The summed E-state index contributed by atoms with van der Waals surface area (Å²) in [5.41, 5.74) is 0.794. The van der Waals surface area contributed by atoms with Crippen molar-refractivity contribution in [3.8, 4) is 0 Å². The predicted molar refractivity (Wildman–Crippen MR) is 78.0 cm³/mol. The van der Waals surface area contributed by atoms with Crippen LogP contribution in [0, 0.1) is 13.8 Å². The maximum absolute atomic E-state index is 12.4. The summed E-state index contributed by atoms with van der Waals surface area (Å²) in [5.74, 6) is 1.85. The van der Waals surface area contributed by atoms with E-state index in [0.29, 0.717) is 0 Å². The second-order valence-electron chi connectivity index (χ2n) is 5.21. The maximum Gasteiger partial charge on any atom is 0.254 e. The fraction of sp³-hybridized carbons (Fsp3) is 0.500. The lowest BCUT2D eigenvalue weighted by molar-refractivity contribution is 0.0672. The summed E-state index contributed by atoms with van der Waals surface area (Å²) in [6.45, 7) is 5.43. The molecule has 0 saturated carbocycles. The molecule has 0 unspecified atom stereocenters. The van der Waals surface area contributed by atoms with Crippen molar-refractivity contribution < 1.29 is 4.79 Å². The minimum absolute atomic E-state index is 0.130. The molecule has 0 radical (unpaired) electrons. The number of rotatable bonds is 2. The van der Waals surface area contributed by atoms with Crippen LogP contribution in [0.3, 0.4) is 0 Å². The second-order valence-corrected chi connectivity index (χ2v) is 5.99. The zero-order valence-corrected chi connectivity index (χ0v) is 12.6. The van der Waals surface area contributed by atoms with Crippen LogP contribution in [-0.4, -0.2) is 38.7 Å². The SMILES string of the molecule is Cc1nc(C)n([C@@H]2CCCN(C(=O)c3ccsc3)C2)n1. The van der Waals surface area contributed by atoms with Crippen molar-refractivity contribution in [3.05, 3.63) is 34.0 Å². The normalized spacial score (nSPS) is 19.3. The van der Waals surface area contributed by atoms with Crippen molar-refractivity contribution in [2.75, 3.05) is 13.1 Å². The van der Waals surface area contributed by atoms with E-state index in [2.05, 4.69) is 10.1 Å². The van der Waals surface area contributed by atoms with Crippen LogP contribution in [0.2, 0.25) is 0 Å². The Labute approximate surface area is 122 Å². The number of carbonyl (C=O) groups excluding carboxylic acids is 1. The summed E-state index contributed by atoms with van der Waals surface area (Å²) < 4.78 is 1.97. The number of aromatic nitrogens is 3. The van der Waals surface area contributed by atoms with Crippen molar-refractivity contribution in [2.45, 2.75) is 32.7 Å². The third-order valence-electron chi connectivity index (χ3n) is 3.71. The molecule has 0 bridgehead atoms. The van der Waals surface area contributed by atoms with Crippen LogP contribution in [-0.2, 0) is 0 Å². The van der Waals surface area contributed by atoms with Crippen LogP contribution >= 0.6 is 11.3 Å². The van der Waals surface area contributed by atoms with E-state index >= 15 is 0 Å². The van der Waals surface area contributed by atoms with E-state index in [1.807, 2.05) is 40.3 Å². The Kier molecular flexibility index (Phi) is 3.56. The van der Waals surface area contributed by atoms with Gasteiger partial charge in [0.15, 0.2) is 0 Å². The van der Waals surface area contributed by atoms with E-state index in [1.165, 1.54) is 0 Å². The smallest absolute Gasteiger partial charge is 0.254 e. The first-order valence-electron chi connectivity index (χ1n) is 6.86. The lowest BCUT2D eigenvalue weighted by atomic mass is 10.1. The van der Waals surface area contributed by atoms with E-state index in [9.17, 15) is 4.79 Å². The molecule has 5 nitrogen and oxygen atoms in total. The van der Waals surface area contributed by atoms with Crippen LogP contribution < -0.4 is 0 Å². The highest BCUT2D eigenvalue weighted by Gasteiger charge is 2.27. The van der Waals surface area contributed by atoms with Crippen molar-refractivity contribution in [2.24, 2.45) is 0 Å². The molecule has 20 heavy (non-hydrogen) atoms. The maximum atomic E-state index is 12.4. The van der Waals surface area contributed by atoms with Crippen LogP contribution in [0.5, 0.6) is 0 Å². The van der Waals surface area contributed by atoms with Gasteiger partial charge in [-0.1, -0.05) is 0 Å². The Morgan fingerprint density at radius 1 is 1.45 bits per heavy atom. The number of nitrogens with zero attached hydrogens (tertiary/aromatic N) is 4. The van der Waals surface area contributed by atoms with E-state index < -0.39 is 0 Å². The number of piperidine rings is 1. The Hall–Kier alpha value is -1.69. The molecule has 1 amide bonds. The molecule has 0 aliphatic carbocycles. The van der Waals surface area contributed by atoms with Gasteiger partial charge in [0.25, 0.3) is 5.91 Å². The molecule has 1 fully saturated rings. The van der Waals surface area contributed by atoms with Crippen molar-refractivity contribution in [1.29, 1.82) is 0 Å². The van der Waals surface area contributed by atoms with Gasteiger partial charge in [0.1, 0.15) is 11.6 Å². The lowest BCUT2D eigenvalue weighted by Gasteiger charge is -2.33. The van der Waals surface area contributed by atoms with Crippen LogP contribution in [0.15, 0.2) is 16.8 Å². The monoisotopic (exact) mass is 290 g/mol. The Morgan fingerprint density at radius 2 is 2.30 bits per heavy atom. The summed E-state index contributed by atoms with van der Waals surface area (Å²) in [6.07, 6.45) is 2.07. The molecule has 3 rings (SSSR count). The standard InChI is InChI=1S/C14H18N4OS/c1-10-15-11(2)18(16-10)13-4-3-6-17(8-13)14(19)12-5-7-20-9-12/h5,7,9,13H,3-4,6,8H2,1-2H3/t13-/m1/s1. The molecule has 0 N–H and O–H groups in total. The van der Waals surface area contributed by atoms with Gasteiger partial charge in [0.05, 0.1) is 11.6 Å². The summed E-state index contributed by atoms with van der Waals surface area (Å²) in [5, 5.41) is 8.32. The van der Waals surface area contributed by atoms with E-state index in [-0.39, 0.29) is 11.9 Å². The largest absolute Gasteiger partial charge is 0.336 e. The van der Waals surface area contributed by atoms with Gasteiger partial charge in [-0.3, -0.25) is 4.79 Å². The summed E-state index contributed by atoms with van der Waals surface area (Å²) in [6, 6.07) is 2.13. The third kappa shape index (κ3) is 2.47. The topological polar surface area (TPSA) is 51.0 Å². The number of hydrogen-bond donors (Lipinski definition) is 0. The van der Waals surface area contributed by atoms with Gasteiger partial charge in [0.2, 0.25) is 0 Å². The fourth-order valence-corrected chi connectivity index (χ4v) is 3.42. The summed E-state index contributed by atoms with van der Waals surface area (Å²) in [4.78, 5) is 18.7. The third-order valence-corrected chi connectivity index (χ3v) is 4.39. The van der Waals surface area contributed by atoms with Gasteiger partial charge < -0.3 is 4.90 Å². The van der Waals surface area contributed by atoms with Crippen molar-refractivity contribution in [3.63, 3.8) is 0 Å². The van der Waals surface area contributed by atoms with Gasteiger partial charge in [-0.2, -0.15) is 16.4 Å². The number of likely N-dealkylation sites (tertiary alicyclic amines) is 1. The van der Waals surface area contributed by atoms with Gasteiger partial charge >= 0.3 is 0 Å². The zero-order chi connectivity index (χ0) is 14.1. The highest BCUT2D eigenvalue weighted by Crippen LogP contribution is 2.23. The average Bonchev–Trinajstić information content (AvgIpc) is 3.08. The molecular weight excluding hydrogens is 272 g/mol. The molecule has 6 heteroatoms. The fourth-order valence-electron chi connectivity index (χ4n) is 2.79. The Bertz CT molecular complexity index is 605. The predicted octanol–water partition coefficient (Wildman–Crippen LogP) is 2.43. The van der Waals surface area contributed by atoms with E-state index in [0.717, 1.165) is 43.1 Å². The van der Waals surface area contributed by atoms with Crippen LogP contribution in [0.1, 0.15) is 40.9 Å². The van der Waals surface area contributed by atoms with Crippen molar-refractivity contribution >= 4 is 17.2 Å². The highest BCUT2D eigenvalue weighted by molar-refractivity contribution is 7.08. The molecule has 106 valence electrons. The molecule has 1 atom stereocenters. The number of thiophene rings is 1. The van der Waals surface area contributed by atoms with Crippen LogP contribution in [0.4, 0.5) is 0 Å². The van der Waals surface area contributed by atoms with Gasteiger partial charge in [-0.15, -0.1) is 0 Å². The first-order chi connectivity index (χ1) is 9.65.